The van der Waals surface area contributed by atoms with E-state index in [4.69, 9.17) is 0 Å². The first-order valence-electron chi connectivity index (χ1n) is 5.48. The molecule has 2 aliphatic rings. The number of fused-ring (bicyclic) bond motifs is 1. The third kappa shape index (κ3) is 1.87. The average molecular weight is 181 g/mol. The van der Waals surface area contributed by atoms with Crippen molar-refractivity contribution >= 4 is 5.91 Å². The van der Waals surface area contributed by atoms with E-state index < -0.39 is 0 Å². The third-order valence-electron chi connectivity index (χ3n) is 3.33. The zero-order valence-electron chi connectivity index (χ0n) is 8.55. The maximum atomic E-state index is 11.4. The van der Waals surface area contributed by atoms with Gasteiger partial charge in [-0.1, -0.05) is 20.3 Å². The molecule has 0 aromatic heterocycles. The molecule has 0 spiro atoms. The zero-order valence-corrected chi connectivity index (χ0v) is 8.55. The zero-order chi connectivity index (χ0) is 9.42. The fourth-order valence-corrected chi connectivity index (χ4v) is 2.65. The van der Waals surface area contributed by atoms with Gasteiger partial charge in [-0.2, -0.15) is 0 Å². The van der Waals surface area contributed by atoms with E-state index in [0.717, 1.165) is 11.8 Å². The number of carbonyl (C=O) groups excluding carboxylic acids is 1. The number of rotatable bonds is 3. The van der Waals surface area contributed by atoms with Gasteiger partial charge in [-0.15, -0.1) is 0 Å². The van der Waals surface area contributed by atoms with Crippen molar-refractivity contribution in [1.29, 1.82) is 0 Å². The van der Waals surface area contributed by atoms with E-state index in [-0.39, 0.29) is 5.91 Å². The summed E-state index contributed by atoms with van der Waals surface area (Å²) < 4.78 is 0. The van der Waals surface area contributed by atoms with Gasteiger partial charge >= 0.3 is 0 Å². The van der Waals surface area contributed by atoms with Gasteiger partial charge in [0.05, 0.1) is 0 Å². The summed E-state index contributed by atoms with van der Waals surface area (Å²) in [4.78, 5) is 11.4. The molecule has 1 amide bonds. The highest BCUT2D eigenvalue weighted by atomic mass is 16.1. The molecule has 74 valence electrons. The SMILES string of the molecule is CC(C)CC(=O)NC1[C@H]2CCC[C@@H]12. The molecule has 0 aromatic carbocycles. The van der Waals surface area contributed by atoms with Gasteiger partial charge in [0.15, 0.2) is 0 Å². The Kier molecular flexibility index (Phi) is 2.31. The Bertz CT molecular complexity index is 202. The van der Waals surface area contributed by atoms with E-state index >= 15 is 0 Å². The van der Waals surface area contributed by atoms with Crippen molar-refractivity contribution in [2.24, 2.45) is 17.8 Å². The van der Waals surface area contributed by atoms with E-state index in [1.54, 1.807) is 0 Å². The van der Waals surface area contributed by atoms with Gasteiger partial charge in [-0.25, -0.2) is 0 Å². The molecule has 0 aromatic rings. The fraction of sp³-hybridized carbons (Fsp3) is 0.909. The molecule has 0 bridgehead atoms. The first-order chi connectivity index (χ1) is 6.18. The summed E-state index contributed by atoms with van der Waals surface area (Å²) in [6, 6.07) is 0.556. The van der Waals surface area contributed by atoms with Crippen LogP contribution in [0.15, 0.2) is 0 Å². The van der Waals surface area contributed by atoms with Gasteiger partial charge in [0.25, 0.3) is 0 Å². The molecule has 0 radical (unpaired) electrons. The summed E-state index contributed by atoms with van der Waals surface area (Å²) >= 11 is 0. The maximum absolute atomic E-state index is 11.4. The molecular weight excluding hydrogens is 162 g/mol. The summed E-state index contributed by atoms with van der Waals surface area (Å²) in [5.41, 5.74) is 0. The lowest BCUT2D eigenvalue weighted by Gasteiger charge is -2.08. The van der Waals surface area contributed by atoms with Crippen molar-refractivity contribution < 1.29 is 4.79 Å². The molecular formula is C11H19NO. The number of amides is 1. The number of nitrogens with one attached hydrogen (secondary N) is 1. The summed E-state index contributed by atoms with van der Waals surface area (Å²) in [6.45, 7) is 4.18. The molecule has 2 aliphatic carbocycles. The van der Waals surface area contributed by atoms with E-state index in [1.165, 1.54) is 19.3 Å². The quantitative estimate of drug-likeness (QED) is 0.708. The second-order valence-corrected chi connectivity index (χ2v) is 4.95. The number of hydrogen-bond donors (Lipinski definition) is 1. The second kappa shape index (κ2) is 3.32. The monoisotopic (exact) mass is 181 g/mol. The van der Waals surface area contributed by atoms with E-state index in [0.29, 0.717) is 18.4 Å². The Labute approximate surface area is 80.1 Å². The molecule has 1 unspecified atom stereocenters. The molecule has 2 rings (SSSR count). The molecule has 3 atom stereocenters. The highest BCUT2D eigenvalue weighted by Gasteiger charge is 2.53. The topological polar surface area (TPSA) is 29.1 Å². The highest BCUT2D eigenvalue weighted by molar-refractivity contribution is 5.77. The van der Waals surface area contributed by atoms with Crippen molar-refractivity contribution in [3.63, 3.8) is 0 Å². The summed E-state index contributed by atoms with van der Waals surface area (Å²) in [6.07, 6.45) is 4.76. The van der Waals surface area contributed by atoms with Crippen LogP contribution in [0.25, 0.3) is 0 Å². The van der Waals surface area contributed by atoms with Crippen LogP contribution in [-0.4, -0.2) is 11.9 Å². The number of carbonyl (C=O) groups is 1. The maximum Gasteiger partial charge on any atom is 0.220 e. The van der Waals surface area contributed by atoms with Gasteiger partial charge in [-0.05, 0) is 30.6 Å². The summed E-state index contributed by atoms with van der Waals surface area (Å²) in [5.74, 6) is 2.43. The van der Waals surface area contributed by atoms with Crippen LogP contribution in [0.2, 0.25) is 0 Å². The first-order valence-corrected chi connectivity index (χ1v) is 5.48. The lowest BCUT2D eigenvalue weighted by molar-refractivity contribution is -0.122. The number of hydrogen-bond acceptors (Lipinski definition) is 1. The minimum atomic E-state index is 0.259. The van der Waals surface area contributed by atoms with E-state index in [1.807, 2.05) is 0 Å². The van der Waals surface area contributed by atoms with Gasteiger partial charge < -0.3 is 5.32 Å². The smallest absolute Gasteiger partial charge is 0.220 e. The van der Waals surface area contributed by atoms with Crippen LogP contribution < -0.4 is 5.32 Å². The summed E-state index contributed by atoms with van der Waals surface area (Å²) in [7, 11) is 0. The predicted molar refractivity (Wildman–Crippen MR) is 52.2 cm³/mol. The Morgan fingerprint density at radius 2 is 2.00 bits per heavy atom. The second-order valence-electron chi connectivity index (χ2n) is 4.95. The Balaban J connectivity index is 1.71. The largest absolute Gasteiger partial charge is 0.353 e. The lowest BCUT2D eigenvalue weighted by atomic mass is 10.1. The standard InChI is InChI=1S/C11H19NO/c1-7(2)6-10(13)12-11-8-4-3-5-9(8)11/h7-9,11H,3-6H2,1-2H3,(H,12,13)/t8-,9+,11?. The normalized spacial score (nSPS) is 36.1. The first kappa shape index (κ1) is 9.04. The van der Waals surface area contributed by atoms with Crippen molar-refractivity contribution in [2.45, 2.75) is 45.6 Å². The molecule has 2 fully saturated rings. The Morgan fingerprint density at radius 3 is 2.54 bits per heavy atom. The van der Waals surface area contributed by atoms with Crippen molar-refractivity contribution in [1.82, 2.24) is 5.32 Å². The molecule has 1 N–H and O–H groups in total. The van der Waals surface area contributed by atoms with Crippen LogP contribution >= 0.6 is 0 Å². The predicted octanol–water partition coefficient (Wildman–Crippen LogP) is 1.95. The molecule has 0 aliphatic heterocycles. The van der Waals surface area contributed by atoms with E-state index in [2.05, 4.69) is 19.2 Å². The van der Waals surface area contributed by atoms with Gasteiger partial charge in [0.1, 0.15) is 0 Å². The fourth-order valence-electron chi connectivity index (χ4n) is 2.65. The molecule has 0 saturated heterocycles. The van der Waals surface area contributed by atoms with Crippen LogP contribution in [0, 0.1) is 17.8 Å². The van der Waals surface area contributed by atoms with Gasteiger partial charge in [0.2, 0.25) is 5.91 Å². The van der Waals surface area contributed by atoms with Crippen LogP contribution in [0.1, 0.15) is 39.5 Å². The van der Waals surface area contributed by atoms with Crippen LogP contribution in [0.5, 0.6) is 0 Å². The minimum absolute atomic E-state index is 0.259. The van der Waals surface area contributed by atoms with Crippen molar-refractivity contribution in [2.75, 3.05) is 0 Å². The Hall–Kier alpha value is -0.530. The van der Waals surface area contributed by atoms with Gasteiger partial charge in [-0.3, -0.25) is 4.79 Å². The molecule has 2 nitrogen and oxygen atoms in total. The minimum Gasteiger partial charge on any atom is -0.353 e. The van der Waals surface area contributed by atoms with E-state index in [9.17, 15) is 4.79 Å². The van der Waals surface area contributed by atoms with Crippen molar-refractivity contribution in [3.05, 3.63) is 0 Å². The summed E-state index contributed by atoms with van der Waals surface area (Å²) in [5, 5.41) is 3.15. The molecule has 0 heterocycles. The Morgan fingerprint density at radius 1 is 1.38 bits per heavy atom. The van der Waals surface area contributed by atoms with Gasteiger partial charge in [0, 0.05) is 12.5 Å². The molecule has 13 heavy (non-hydrogen) atoms. The lowest BCUT2D eigenvalue weighted by Crippen LogP contribution is -2.29. The van der Waals surface area contributed by atoms with Crippen LogP contribution in [0.4, 0.5) is 0 Å². The van der Waals surface area contributed by atoms with Crippen LogP contribution in [0.3, 0.4) is 0 Å². The van der Waals surface area contributed by atoms with Crippen LogP contribution in [-0.2, 0) is 4.79 Å². The average Bonchev–Trinajstić information content (AvgIpc) is 2.51. The van der Waals surface area contributed by atoms with Crippen molar-refractivity contribution in [3.8, 4) is 0 Å². The third-order valence-corrected chi connectivity index (χ3v) is 3.33. The highest BCUT2D eigenvalue weighted by Crippen LogP contribution is 2.51. The molecule has 2 saturated carbocycles. The molecule has 2 heteroatoms.